The molecule has 4 fully saturated rings. The first-order chi connectivity index (χ1) is 25.5. The summed E-state index contributed by atoms with van der Waals surface area (Å²) in [6.07, 6.45) is 12.8. The molecule has 282 valence electrons. The van der Waals surface area contributed by atoms with Gasteiger partial charge in [-0.05, 0) is 80.5 Å². The number of ether oxygens (including phenoxy) is 1. The van der Waals surface area contributed by atoms with Crippen molar-refractivity contribution in [1.29, 1.82) is 0 Å². The maximum Gasteiger partial charge on any atom is 0.296 e. The van der Waals surface area contributed by atoms with Crippen LogP contribution in [-0.4, -0.2) is 67.3 Å². The maximum absolute atomic E-state index is 14.6. The van der Waals surface area contributed by atoms with Gasteiger partial charge in [0.15, 0.2) is 5.58 Å². The monoisotopic (exact) mass is 743 g/mol. The minimum absolute atomic E-state index is 0.00138. The Morgan fingerprint density at radius 1 is 1.02 bits per heavy atom. The van der Waals surface area contributed by atoms with Gasteiger partial charge >= 0.3 is 0 Å². The number of anilines is 1. The molecule has 3 saturated carbocycles. The summed E-state index contributed by atoms with van der Waals surface area (Å²) in [7, 11) is -4.32. The molecule has 3 heterocycles. The van der Waals surface area contributed by atoms with E-state index in [4.69, 9.17) is 9.15 Å². The second-order valence-electron chi connectivity index (χ2n) is 16.2. The summed E-state index contributed by atoms with van der Waals surface area (Å²) in [5, 5.41) is 6.33. The highest BCUT2D eigenvalue weighted by atomic mass is 32.2. The molecule has 2 aliphatic heterocycles. The number of fused-ring (bicyclic) bond motifs is 4. The van der Waals surface area contributed by atoms with Crippen molar-refractivity contribution in [2.24, 2.45) is 28.6 Å². The number of sulfonamides is 1. The van der Waals surface area contributed by atoms with E-state index >= 15 is 0 Å². The van der Waals surface area contributed by atoms with Gasteiger partial charge in [-0.3, -0.25) is 14.4 Å². The number of hydrogen-bond donors (Lipinski definition) is 3. The quantitative estimate of drug-likeness (QED) is 0.275. The summed E-state index contributed by atoms with van der Waals surface area (Å²) in [6.45, 7) is 4.97. The Hall–Kier alpha value is -4.39. The number of carbonyl (C=O) groups excluding carboxylic acids is 3. The lowest BCUT2D eigenvalue weighted by atomic mass is 9.71. The second kappa shape index (κ2) is 13.5. The van der Waals surface area contributed by atoms with Gasteiger partial charge in [0.05, 0.1) is 12.5 Å². The molecule has 1 saturated heterocycles. The average Bonchev–Trinajstić information content (AvgIpc) is 3.86. The van der Waals surface area contributed by atoms with Crippen LogP contribution >= 0.6 is 0 Å². The fraction of sp³-hybridized carbons (Fsp3) is 0.550. The van der Waals surface area contributed by atoms with Crippen LogP contribution in [0.5, 0.6) is 5.75 Å². The Balaban J connectivity index is 1.04. The molecule has 8 rings (SSSR count). The lowest BCUT2D eigenvalue weighted by molar-refractivity contribution is -0.134. The number of rotatable bonds is 6. The molecule has 3 N–H and O–H groups in total. The molecule has 2 aromatic carbocycles. The molecule has 12 nitrogen and oxygen atoms in total. The molecular weight excluding hydrogens is 695 g/mol. The number of aromatic nitrogens is 1. The van der Waals surface area contributed by atoms with Crippen LogP contribution in [0.3, 0.4) is 0 Å². The van der Waals surface area contributed by atoms with Gasteiger partial charge < -0.3 is 24.7 Å². The highest BCUT2D eigenvalue weighted by Crippen LogP contribution is 2.78. The third-order valence-corrected chi connectivity index (χ3v) is 14.0. The largest absolute Gasteiger partial charge is 0.492 e. The van der Waals surface area contributed by atoms with Gasteiger partial charge in [-0.25, -0.2) is 13.1 Å². The number of oxazole rings is 1. The maximum atomic E-state index is 14.6. The summed E-state index contributed by atoms with van der Waals surface area (Å²) in [6, 6.07) is 13.4. The van der Waals surface area contributed by atoms with Gasteiger partial charge in [0.2, 0.25) is 11.8 Å². The van der Waals surface area contributed by atoms with Crippen LogP contribution in [0, 0.1) is 28.6 Å². The van der Waals surface area contributed by atoms with Gasteiger partial charge in [-0.2, -0.15) is 4.98 Å². The lowest BCUT2D eigenvalue weighted by Gasteiger charge is -2.34. The Morgan fingerprint density at radius 3 is 2.55 bits per heavy atom. The first-order valence-electron chi connectivity index (χ1n) is 19.2. The third kappa shape index (κ3) is 6.38. The zero-order chi connectivity index (χ0) is 37.0. The van der Waals surface area contributed by atoms with Crippen molar-refractivity contribution >= 4 is 44.9 Å². The van der Waals surface area contributed by atoms with Crippen molar-refractivity contribution in [2.45, 2.75) is 94.5 Å². The van der Waals surface area contributed by atoms with E-state index in [1.54, 1.807) is 23.1 Å². The number of carbonyl (C=O) groups is 3. The highest BCUT2D eigenvalue weighted by Gasteiger charge is 2.77. The number of para-hydroxylation sites is 3. The van der Waals surface area contributed by atoms with Gasteiger partial charge in [0.1, 0.15) is 27.7 Å². The third-order valence-electron chi connectivity index (χ3n) is 12.6. The van der Waals surface area contributed by atoms with E-state index in [2.05, 4.69) is 20.3 Å². The molecule has 1 aromatic heterocycles. The van der Waals surface area contributed by atoms with E-state index in [-0.39, 0.29) is 58.7 Å². The topological polar surface area (TPSA) is 160 Å². The molecule has 1 unspecified atom stereocenters. The van der Waals surface area contributed by atoms with Crippen molar-refractivity contribution in [3.8, 4) is 5.75 Å². The molecule has 3 amide bonds. The summed E-state index contributed by atoms with van der Waals surface area (Å²) < 4.78 is 41.5. The van der Waals surface area contributed by atoms with Crippen molar-refractivity contribution in [3.05, 3.63) is 60.7 Å². The number of benzene rings is 2. The van der Waals surface area contributed by atoms with Crippen molar-refractivity contribution in [2.75, 3.05) is 25.0 Å². The van der Waals surface area contributed by atoms with Crippen LogP contribution in [0.25, 0.3) is 11.1 Å². The normalized spacial score (nSPS) is 30.0. The van der Waals surface area contributed by atoms with Crippen molar-refractivity contribution < 1.29 is 32.0 Å². The van der Waals surface area contributed by atoms with Gasteiger partial charge in [0, 0.05) is 24.4 Å². The minimum atomic E-state index is -4.32. The van der Waals surface area contributed by atoms with E-state index in [1.165, 1.54) is 6.07 Å². The van der Waals surface area contributed by atoms with Crippen molar-refractivity contribution in [1.82, 2.24) is 19.9 Å². The summed E-state index contributed by atoms with van der Waals surface area (Å²) in [5.41, 5.74) is -0.502. The molecule has 13 heteroatoms. The summed E-state index contributed by atoms with van der Waals surface area (Å²) >= 11 is 0. The van der Waals surface area contributed by atoms with Crippen LogP contribution in [-0.2, 0) is 24.4 Å². The van der Waals surface area contributed by atoms with Crippen LogP contribution in [0.1, 0.15) is 78.1 Å². The van der Waals surface area contributed by atoms with Crippen LogP contribution in [0.2, 0.25) is 0 Å². The number of hydrogen-bond acceptors (Lipinski definition) is 9. The first kappa shape index (κ1) is 35.6. The first-order valence-corrected chi connectivity index (χ1v) is 20.6. The molecule has 5 atom stereocenters. The van der Waals surface area contributed by atoms with Gasteiger partial charge in [-0.15, -0.1) is 0 Å². The van der Waals surface area contributed by atoms with E-state index in [0.29, 0.717) is 24.3 Å². The fourth-order valence-electron chi connectivity index (χ4n) is 9.25. The number of nitrogens with zero attached hydrogens (tertiary/aromatic N) is 2. The lowest BCUT2D eigenvalue weighted by Crippen LogP contribution is -2.54. The number of allylic oxidation sites excluding steroid dienone is 1. The Labute approximate surface area is 310 Å². The van der Waals surface area contributed by atoms with E-state index in [0.717, 1.165) is 57.8 Å². The van der Waals surface area contributed by atoms with E-state index in [1.807, 2.05) is 50.3 Å². The predicted octanol–water partition coefficient (Wildman–Crippen LogP) is 5.56. The molecule has 0 bridgehead atoms. The minimum Gasteiger partial charge on any atom is -0.492 e. The molecular formula is C40H49N5O7S. The molecule has 53 heavy (non-hydrogen) atoms. The zero-order valence-electron chi connectivity index (χ0n) is 30.4. The smallest absolute Gasteiger partial charge is 0.296 e. The Kier molecular flexibility index (Phi) is 9.06. The molecule has 0 radical (unpaired) electrons. The summed E-state index contributed by atoms with van der Waals surface area (Å²) in [5.74, 6) is -2.01. The van der Waals surface area contributed by atoms with E-state index in [9.17, 15) is 22.8 Å². The van der Waals surface area contributed by atoms with E-state index < -0.39 is 38.8 Å². The highest BCUT2D eigenvalue weighted by molar-refractivity contribution is 7.90. The molecule has 2 spiro atoms. The number of likely N-dealkylation sites (tertiary alicyclic amines) is 1. The molecule has 3 aliphatic carbocycles. The fourth-order valence-corrected chi connectivity index (χ4v) is 10.4. The Morgan fingerprint density at radius 2 is 1.79 bits per heavy atom. The second-order valence-corrected chi connectivity index (χ2v) is 17.9. The van der Waals surface area contributed by atoms with Crippen LogP contribution < -0.4 is 20.1 Å². The Bertz CT molecular complexity index is 2020. The van der Waals surface area contributed by atoms with Crippen LogP contribution in [0.15, 0.2) is 70.0 Å². The SMILES string of the molecule is CC(C)C(Nc1nc2ccccc2o1)C(=O)N1C[C@H](C(=O)N[C@]23C[C@@H]2/C=C\CCCCCCOc2ccccc2S(=O)(=O)NC3=O)[C@]2(C1)CC21CCC1. The van der Waals surface area contributed by atoms with Crippen molar-refractivity contribution in [3.63, 3.8) is 0 Å². The molecule has 5 aliphatic rings. The van der Waals surface area contributed by atoms with Gasteiger partial charge in [0.25, 0.3) is 21.9 Å². The standard InChI is InChI=1S/C40H49N5O7S/c1-26(2)33(42-37-41-29-15-8-9-16-30(29)52-37)35(47)45-23-28(39(25-45)24-38(39)19-13-20-38)34(46)43-40-22-27(40)14-7-5-3-4-6-12-21-51-31-17-10-11-18-32(31)53(49,50)44-36(40)48/h7-11,14-18,26-28,33H,3-6,12-13,19-25H2,1-2H3,(H,41,42)(H,43,46)(H,44,48)/b14-7-/t27-,28+,33?,39+,40+/m0/s1. The zero-order valence-corrected chi connectivity index (χ0v) is 31.3. The average molecular weight is 744 g/mol. The number of nitrogens with one attached hydrogen (secondary N) is 3. The number of amides is 3. The van der Waals surface area contributed by atoms with Crippen LogP contribution in [0.4, 0.5) is 6.01 Å². The molecule has 3 aromatic rings. The van der Waals surface area contributed by atoms with Gasteiger partial charge in [-0.1, -0.05) is 69.5 Å². The predicted molar refractivity (Wildman–Crippen MR) is 198 cm³/mol. The summed E-state index contributed by atoms with van der Waals surface area (Å²) in [4.78, 5) is 49.3.